The van der Waals surface area contributed by atoms with Gasteiger partial charge in [0.2, 0.25) is 11.8 Å². The minimum Gasteiger partial charge on any atom is -0.391 e. The van der Waals surface area contributed by atoms with Crippen LogP contribution in [0.2, 0.25) is 0 Å². The second-order valence-corrected chi connectivity index (χ2v) is 6.00. The second kappa shape index (κ2) is 9.79. The summed E-state index contributed by atoms with van der Waals surface area (Å²) in [4.78, 5) is 23.7. The first-order chi connectivity index (χ1) is 10.9. The summed E-state index contributed by atoms with van der Waals surface area (Å²) in [6, 6.07) is 8.78. The van der Waals surface area contributed by atoms with Crippen LogP contribution in [-0.2, 0) is 9.59 Å². The van der Waals surface area contributed by atoms with Crippen molar-refractivity contribution in [2.45, 2.75) is 39.3 Å². The number of aliphatic hydroxyl groups is 1. The lowest BCUT2D eigenvalue weighted by Gasteiger charge is -2.16. The van der Waals surface area contributed by atoms with Crippen molar-refractivity contribution < 1.29 is 14.7 Å². The fourth-order valence-electron chi connectivity index (χ4n) is 2.06. The Labute approximate surface area is 137 Å². The molecule has 0 aromatic heterocycles. The summed E-state index contributed by atoms with van der Waals surface area (Å²) in [6.07, 6.45) is 3.14. The molecule has 5 heteroatoms. The van der Waals surface area contributed by atoms with Crippen LogP contribution < -0.4 is 10.6 Å². The maximum atomic E-state index is 11.9. The van der Waals surface area contributed by atoms with Gasteiger partial charge in [0.1, 0.15) is 6.04 Å². The zero-order valence-electron chi connectivity index (χ0n) is 14.0. The van der Waals surface area contributed by atoms with E-state index in [1.165, 1.54) is 6.08 Å². The lowest BCUT2D eigenvalue weighted by molar-refractivity contribution is -0.127. The van der Waals surface area contributed by atoms with Crippen LogP contribution in [0.4, 0.5) is 0 Å². The number of nitrogens with one attached hydrogen (secondary N) is 2. The fourth-order valence-corrected chi connectivity index (χ4v) is 2.06. The van der Waals surface area contributed by atoms with E-state index in [0.29, 0.717) is 12.3 Å². The number of aliphatic hydroxyl groups excluding tert-OH is 1. The van der Waals surface area contributed by atoms with E-state index in [1.54, 1.807) is 13.0 Å². The maximum absolute atomic E-state index is 11.9. The number of benzene rings is 1. The van der Waals surface area contributed by atoms with E-state index in [1.807, 2.05) is 44.2 Å². The predicted octanol–water partition coefficient (Wildman–Crippen LogP) is 1.73. The minimum absolute atomic E-state index is 0.192. The largest absolute Gasteiger partial charge is 0.391 e. The zero-order chi connectivity index (χ0) is 17.2. The highest BCUT2D eigenvalue weighted by atomic mass is 16.3. The van der Waals surface area contributed by atoms with E-state index in [-0.39, 0.29) is 18.4 Å². The lowest BCUT2D eigenvalue weighted by Crippen LogP contribution is -2.46. The molecule has 1 aromatic rings. The van der Waals surface area contributed by atoms with Crippen molar-refractivity contribution >= 4 is 17.9 Å². The van der Waals surface area contributed by atoms with Crippen LogP contribution in [0.3, 0.4) is 0 Å². The van der Waals surface area contributed by atoms with Crippen LogP contribution in [0.25, 0.3) is 6.08 Å². The van der Waals surface area contributed by atoms with Gasteiger partial charge in [-0.15, -0.1) is 0 Å². The molecular formula is C18H26N2O3. The first-order valence-electron chi connectivity index (χ1n) is 7.88. The number of amides is 2. The molecule has 0 saturated carbocycles. The molecule has 1 aromatic carbocycles. The summed E-state index contributed by atoms with van der Waals surface area (Å²) >= 11 is 0. The standard InChI is InChI=1S/C18H26N2O3/c1-13(2)11-16(21)12-19-18(23)14(3)20-17(22)10-9-15-7-5-4-6-8-15/h4-10,13-14,16,21H,11-12H2,1-3H3,(H,19,23)(H,20,22)/b10-9+. The maximum Gasteiger partial charge on any atom is 0.244 e. The Hall–Kier alpha value is -2.14. The fraction of sp³-hybridized carbons (Fsp3) is 0.444. The van der Waals surface area contributed by atoms with Crippen molar-refractivity contribution in [3.8, 4) is 0 Å². The highest BCUT2D eigenvalue weighted by molar-refractivity contribution is 5.95. The normalized spacial score (nSPS) is 13.8. The van der Waals surface area contributed by atoms with Gasteiger partial charge in [0.25, 0.3) is 0 Å². The van der Waals surface area contributed by atoms with Gasteiger partial charge >= 0.3 is 0 Å². The topological polar surface area (TPSA) is 78.4 Å². The third kappa shape index (κ3) is 8.16. The van der Waals surface area contributed by atoms with E-state index in [9.17, 15) is 14.7 Å². The van der Waals surface area contributed by atoms with Crippen molar-refractivity contribution in [3.63, 3.8) is 0 Å². The summed E-state index contributed by atoms with van der Waals surface area (Å²) in [5.41, 5.74) is 0.913. The van der Waals surface area contributed by atoms with Gasteiger partial charge in [-0.05, 0) is 30.9 Å². The number of carbonyl (C=O) groups excluding carboxylic acids is 2. The monoisotopic (exact) mass is 318 g/mol. The molecule has 126 valence electrons. The van der Waals surface area contributed by atoms with Gasteiger partial charge in [-0.2, -0.15) is 0 Å². The molecule has 1 rings (SSSR count). The van der Waals surface area contributed by atoms with Gasteiger partial charge in [-0.25, -0.2) is 0 Å². The SMILES string of the molecule is CC(C)CC(O)CNC(=O)C(C)NC(=O)/C=C/c1ccccc1. The van der Waals surface area contributed by atoms with Gasteiger partial charge in [0.15, 0.2) is 0 Å². The Morgan fingerprint density at radius 2 is 1.83 bits per heavy atom. The Kier molecular flexibility index (Phi) is 8.05. The summed E-state index contributed by atoms with van der Waals surface area (Å²) in [5, 5.41) is 15.0. The van der Waals surface area contributed by atoms with E-state index in [0.717, 1.165) is 5.56 Å². The summed E-state index contributed by atoms with van der Waals surface area (Å²) in [5.74, 6) is -0.282. The van der Waals surface area contributed by atoms with Crippen LogP contribution in [0.1, 0.15) is 32.8 Å². The molecular weight excluding hydrogens is 292 g/mol. The van der Waals surface area contributed by atoms with Gasteiger partial charge in [0, 0.05) is 12.6 Å². The van der Waals surface area contributed by atoms with Crippen LogP contribution in [0, 0.1) is 5.92 Å². The zero-order valence-corrected chi connectivity index (χ0v) is 14.0. The molecule has 0 spiro atoms. The molecule has 0 bridgehead atoms. The molecule has 0 heterocycles. The molecule has 2 atom stereocenters. The average molecular weight is 318 g/mol. The van der Waals surface area contributed by atoms with Crippen LogP contribution in [0.15, 0.2) is 36.4 Å². The second-order valence-electron chi connectivity index (χ2n) is 6.00. The summed E-state index contributed by atoms with van der Waals surface area (Å²) in [6.45, 7) is 5.81. The molecule has 0 aliphatic carbocycles. The van der Waals surface area contributed by atoms with Gasteiger partial charge < -0.3 is 15.7 Å². The third-order valence-corrected chi connectivity index (χ3v) is 3.23. The first-order valence-corrected chi connectivity index (χ1v) is 7.88. The van der Waals surface area contributed by atoms with Gasteiger partial charge in [-0.1, -0.05) is 44.2 Å². The van der Waals surface area contributed by atoms with E-state index in [2.05, 4.69) is 10.6 Å². The number of hydrogen-bond acceptors (Lipinski definition) is 3. The Bertz CT molecular complexity index is 526. The molecule has 0 radical (unpaired) electrons. The van der Waals surface area contributed by atoms with Crippen LogP contribution in [0.5, 0.6) is 0 Å². The Morgan fingerprint density at radius 3 is 2.43 bits per heavy atom. The van der Waals surface area contributed by atoms with Gasteiger partial charge in [-0.3, -0.25) is 9.59 Å². The molecule has 5 nitrogen and oxygen atoms in total. The smallest absolute Gasteiger partial charge is 0.244 e. The minimum atomic E-state index is -0.658. The van der Waals surface area contributed by atoms with E-state index in [4.69, 9.17) is 0 Å². The van der Waals surface area contributed by atoms with Crippen molar-refractivity contribution in [3.05, 3.63) is 42.0 Å². The quantitative estimate of drug-likeness (QED) is 0.639. The molecule has 23 heavy (non-hydrogen) atoms. The number of carbonyl (C=O) groups is 2. The Balaban J connectivity index is 2.36. The molecule has 0 aliphatic rings. The van der Waals surface area contributed by atoms with Crippen molar-refractivity contribution in [2.75, 3.05) is 6.54 Å². The number of rotatable bonds is 8. The Morgan fingerprint density at radius 1 is 1.17 bits per heavy atom. The highest BCUT2D eigenvalue weighted by Crippen LogP contribution is 2.03. The van der Waals surface area contributed by atoms with Gasteiger partial charge in [0.05, 0.1) is 6.10 Å². The summed E-state index contributed by atoms with van der Waals surface area (Å²) in [7, 11) is 0. The molecule has 0 aliphatic heterocycles. The molecule has 2 unspecified atom stereocenters. The lowest BCUT2D eigenvalue weighted by atomic mass is 10.1. The first kappa shape index (κ1) is 18.9. The predicted molar refractivity (Wildman–Crippen MR) is 91.6 cm³/mol. The van der Waals surface area contributed by atoms with Crippen LogP contribution in [-0.4, -0.2) is 35.6 Å². The van der Waals surface area contributed by atoms with Crippen molar-refractivity contribution in [1.82, 2.24) is 10.6 Å². The highest BCUT2D eigenvalue weighted by Gasteiger charge is 2.15. The average Bonchev–Trinajstić information content (AvgIpc) is 2.51. The molecule has 0 fully saturated rings. The van der Waals surface area contributed by atoms with Crippen LogP contribution >= 0.6 is 0 Å². The molecule has 0 saturated heterocycles. The van der Waals surface area contributed by atoms with E-state index >= 15 is 0 Å². The molecule has 2 amide bonds. The van der Waals surface area contributed by atoms with Crippen molar-refractivity contribution in [1.29, 1.82) is 0 Å². The molecule has 3 N–H and O–H groups in total. The van der Waals surface area contributed by atoms with Crippen molar-refractivity contribution in [2.24, 2.45) is 5.92 Å². The third-order valence-electron chi connectivity index (χ3n) is 3.23. The summed E-state index contributed by atoms with van der Waals surface area (Å²) < 4.78 is 0. The van der Waals surface area contributed by atoms with E-state index < -0.39 is 12.1 Å². The number of hydrogen-bond donors (Lipinski definition) is 3.